The Morgan fingerprint density at radius 2 is 1.84 bits per heavy atom. The third-order valence-corrected chi connectivity index (χ3v) is 7.22. The van der Waals surface area contributed by atoms with Crippen molar-refractivity contribution in [1.29, 1.82) is 5.26 Å². The summed E-state index contributed by atoms with van der Waals surface area (Å²) >= 11 is 0. The second-order valence-corrected chi connectivity index (χ2v) is 10.6. The average molecular weight is 631 g/mol. The Balaban J connectivity index is 1.37. The Morgan fingerprint density at radius 1 is 1.11 bits per heavy atom. The van der Waals surface area contributed by atoms with Crippen LogP contribution in [0.3, 0.4) is 0 Å². The largest absolute Gasteiger partial charge is 0.428 e. The molecule has 1 aliphatic heterocycles. The van der Waals surface area contributed by atoms with Crippen LogP contribution in [0.15, 0.2) is 66.7 Å². The Hall–Kier alpha value is -4.54. The van der Waals surface area contributed by atoms with Gasteiger partial charge >= 0.3 is 12.3 Å². The minimum absolute atomic E-state index is 0.0651. The van der Waals surface area contributed by atoms with E-state index in [0.29, 0.717) is 28.0 Å². The van der Waals surface area contributed by atoms with Crippen molar-refractivity contribution in [2.75, 3.05) is 32.1 Å². The lowest BCUT2D eigenvalue weighted by Crippen LogP contribution is -2.50. The molecule has 1 aliphatic rings. The van der Waals surface area contributed by atoms with Crippen LogP contribution >= 0.6 is 0 Å². The first-order valence-electron chi connectivity index (χ1n) is 14.1. The van der Waals surface area contributed by atoms with Crippen molar-refractivity contribution in [3.63, 3.8) is 0 Å². The van der Waals surface area contributed by atoms with Crippen LogP contribution < -0.4 is 10.6 Å². The number of amides is 2. The van der Waals surface area contributed by atoms with Crippen molar-refractivity contribution >= 4 is 17.7 Å². The van der Waals surface area contributed by atoms with Gasteiger partial charge in [0.2, 0.25) is 5.91 Å². The normalized spacial score (nSPS) is 17.2. The van der Waals surface area contributed by atoms with Crippen LogP contribution in [0.2, 0.25) is 0 Å². The molecule has 0 unspecified atom stereocenters. The molecule has 0 bridgehead atoms. The monoisotopic (exact) mass is 630 g/mol. The number of benzene rings is 3. The number of ether oxygens (including phenoxy) is 2. The van der Waals surface area contributed by atoms with Gasteiger partial charge in [-0.15, -0.1) is 0 Å². The minimum atomic E-state index is -4.56. The Kier molecular flexibility index (Phi) is 11.1. The number of nitrogens with one attached hydrogen (secondary N) is 2. The molecule has 3 aromatic carbocycles. The molecule has 1 fully saturated rings. The molecule has 0 aliphatic carbocycles. The molecule has 0 aromatic heterocycles. The first kappa shape index (κ1) is 33.4. The highest BCUT2D eigenvalue weighted by molar-refractivity contribution is 5.92. The molecule has 45 heavy (non-hydrogen) atoms. The van der Waals surface area contributed by atoms with Gasteiger partial charge in [0.15, 0.2) is 6.23 Å². The lowest BCUT2D eigenvalue weighted by atomic mass is 9.87. The smallest absolute Gasteiger partial charge is 0.411 e. The van der Waals surface area contributed by atoms with Gasteiger partial charge in [0.05, 0.1) is 24.3 Å². The van der Waals surface area contributed by atoms with Gasteiger partial charge in [-0.25, -0.2) is 13.6 Å². The molecule has 4 rings (SSSR count). The van der Waals surface area contributed by atoms with E-state index in [-0.39, 0.29) is 37.2 Å². The summed E-state index contributed by atoms with van der Waals surface area (Å²) in [5.74, 6) is -1.89. The predicted molar refractivity (Wildman–Crippen MR) is 154 cm³/mol. The second kappa shape index (κ2) is 15.0. The summed E-state index contributed by atoms with van der Waals surface area (Å²) in [5, 5.41) is 15.0. The fourth-order valence-electron chi connectivity index (χ4n) is 4.98. The minimum Gasteiger partial charge on any atom is -0.428 e. The Morgan fingerprint density at radius 3 is 2.51 bits per heavy atom. The molecule has 2 amide bonds. The highest BCUT2D eigenvalue weighted by atomic mass is 19.4. The number of hydrogen-bond acceptors (Lipinski definition) is 6. The summed E-state index contributed by atoms with van der Waals surface area (Å²) in [4.78, 5) is 25.6. The Labute approximate surface area is 256 Å². The molecule has 2 N–H and O–H groups in total. The molecule has 3 atom stereocenters. The van der Waals surface area contributed by atoms with Crippen LogP contribution in [0.4, 0.5) is 32.4 Å². The maximum atomic E-state index is 15.0. The van der Waals surface area contributed by atoms with E-state index in [2.05, 4.69) is 16.7 Å². The maximum Gasteiger partial charge on any atom is 0.411 e. The molecule has 1 heterocycles. The van der Waals surface area contributed by atoms with Gasteiger partial charge in [-0.3, -0.25) is 10.1 Å². The third kappa shape index (κ3) is 9.72. The van der Waals surface area contributed by atoms with Crippen molar-refractivity contribution in [2.45, 2.75) is 43.7 Å². The standard InChI is InChI=1S/C32H31F5N4O4/c1-41(19-32(35,36)37)31(43)45-30-18-44-24(17-39-30)12-13-25-27(34)6-3-7-28(25)40-29(42)15-26(21-8-10-23(33)11-9-21)22-5-2-4-20(14-22)16-38/h2-11,14,24,26,30,39H,12-13,15,17-19H2,1H3,(H,40,42)/t24-,26+,30+/m1/s1. The second-order valence-electron chi connectivity index (χ2n) is 10.6. The summed E-state index contributed by atoms with van der Waals surface area (Å²) in [6.07, 6.45) is -6.65. The van der Waals surface area contributed by atoms with Gasteiger partial charge in [-0.2, -0.15) is 18.4 Å². The van der Waals surface area contributed by atoms with E-state index < -0.39 is 54.6 Å². The van der Waals surface area contributed by atoms with Gasteiger partial charge in [-0.1, -0.05) is 30.3 Å². The number of rotatable bonds is 10. The third-order valence-electron chi connectivity index (χ3n) is 7.22. The lowest BCUT2D eigenvalue weighted by molar-refractivity contribution is -0.143. The first-order chi connectivity index (χ1) is 21.4. The number of anilines is 1. The summed E-state index contributed by atoms with van der Waals surface area (Å²) < 4.78 is 76.9. The van der Waals surface area contributed by atoms with E-state index in [1.54, 1.807) is 42.5 Å². The summed E-state index contributed by atoms with van der Waals surface area (Å²) in [7, 11) is 0.974. The predicted octanol–water partition coefficient (Wildman–Crippen LogP) is 5.87. The van der Waals surface area contributed by atoms with E-state index in [9.17, 15) is 36.8 Å². The van der Waals surface area contributed by atoms with Crippen molar-refractivity contribution in [3.05, 3.63) is 101 Å². The van der Waals surface area contributed by atoms with Crippen LogP contribution in [-0.2, 0) is 20.7 Å². The SMILES string of the molecule is CN(CC(F)(F)F)C(=O)O[C@H]1CO[C@H](CCc2c(F)cccc2NC(=O)C[C@@H](c2ccc(F)cc2)c2cccc(C#N)c2)CN1. The number of halogens is 5. The van der Waals surface area contributed by atoms with Crippen molar-refractivity contribution in [1.82, 2.24) is 10.2 Å². The zero-order valence-electron chi connectivity index (χ0n) is 24.2. The lowest BCUT2D eigenvalue weighted by Gasteiger charge is -2.31. The number of nitriles is 1. The topological polar surface area (TPSA) is 104 Å². The van der Waals surface area contributed by atoms with Gasteiger partial charge in [0.25, 0.3) is 0 Å². The highest BCUT2D eigenvalue weighted by Crippen LogP contribution is 2.30. The van der Waals surface area contributed by atoms with Crippen molar-refractivity contribution < 1.29 is 41.0 Å². The van der Waals surface area contributed by atoms with Crippen LogP contribution in [0.1, 0.15) is 41.0 Å². The van der Waals surface area contributed by atoms with Crippen molar-refractivity contribution in [3.8, 4) is 6.07 Å². The van der Waals surface area contributed by atoms with Gasteiger partial charge < -0.3 is 19.7 Å². The van der Waals surface area contributed by atoms with Gasteiger partial charge in [0, 0.05) is 37.2 Å². The summed E-state index contributed by atoms with van der Waals surface area (Å²) in [6, 6.07) is 18.9. The molecule has 8 nitrogen and oxygen atoms in total. The zero-order valence-corrected chi connectivity index (χ0v) is 24.2. The molecule has 1 saturated heterocycles. The number of carbonyl (C=O) groups excluding carboxylic acids is 2. The molecular formula is C32H31F5N4O4. The quantitative estimate of drug-likeness (QED) is 0.272. The first-order valence-corrected chi connectivity index (χ1v) is 14.1. The Bertz CT molecular complexity index is 1520. The fraction of sp³-hybridized carbons (Fsp3) is 0.344. The van der Waals surface area contributed by atoms with E-state index in [1.165, 1.54) is 24.3 Å². The molecule has 238 valence electrons. The average Bonchev–Trinajstić information content (AvgIpc) is 3.00. The van der Waals surface area contributed by atoms with Crippen LogP contribution in [0.5, 0.6) is 0 Å². The molecule has 0 radical (unpaired) electrons. The molecule has 0 spiro atoms. The number of nitrogens with zero attached hydrogens (tertiary/aromatic N) is 2. The van der Waals surface area contributed by atoms with Crippen LogP contribution in [0, 0.1) is 23.0 Å². The summed E-state index contributed by atoms with van der Waals surface area (Å²) in [6.45, 7) is -1.38. The van der Waals surface area contributed by atoms with Crippen molar-refractivity contribution in [2.24, 2.45) is 0 Å². The van der Waals surface area contributed by atoms with E-state index in [4.69, 9.17) is 9.47 Å². The fourth-order valence-corrected chi connectivity index (χ4v) is 4.98. The molecule has 0 saturated carbocycles. The molecule has 3 aromatic rings. The summed E-state index contributed by atoms with van der Waals surface area (Å²) in [5.41, 5.74) is 2.28. The van der Waals surface area contributed by atoms with Crippen LogP contribution in [-0.4, -0.2) is 62.2 Å². The van der Waals surface area contributed by atoms with E-state index >= 15 is 0 Å². The zero-order chi connectivity index (χ0) is 32.6. The highest BCUT2D eigenvalue weighted by Gasteiger charge is 2.33. The van der Waals surface area contributed by atoms with Gasteiger partial charge in [-0.05, 0) is 60.4 Å². The molecule has 13 heteroatoms. The molecular weight excluding hydrogens is 599 g/mol. The van der Waals surface area contributed by atoms with Crippen LogP contribution in [0.25, 0.3) is 0 Å². The number of carbonyl (C=O) groups is 2. The van der Waals surface area contributed by atoms with Gasteiger partial charge in [0.1, 0.15) is 18.2 Å². The van der Waals surface area contributed by atoms with E-state index in [0.717, 1.165) is 7.05 Å². The van der Waals surface area contributed by atoms with E-state index in [1.807, 2.05) is 0 Å². The number of morpholine rings is 1. The number of alkyl halides is 3. The maximum absolute atomic E-state index is 15.0. The number of hydrogen-bond donors (Lipinski definition) is 2.